The number of hydrogen-bond donors (Lipinski definition) is 3. The fourth-order valence-corrected chi connectivity index (χ4v) is 6.23. The lowest BCUT2D eigenvalue weighted by Crippen LogP contribution is -2.47. The lowest BCUT2D eigenvalue weighted by Gasteiger charge is -2.38. The van der Waals surface area contributed by atoms with Crippen molar-refractivity contribution in [3.05, 3.63) is 53.9 Å². The molecule has 4 rings (SSSR count). The fourth-order valence-electron chi connectivity index (χ4n) is 4.75. The Morgan fingerprint density at radius 3 is 2.64 bits per heavy atom. The van der Waals surface area contributed by atoms with E-state index in [4.69, 9.17) is 11.1 Å². The Morgan fingerprint density at radius 1 is 1.18 bits per heavy atom. The summed E-state index contributed by atoms with van der Waals surface area (Å²) in [5.41, 5.74) is 8.38. The highest BCUT2D eigenvalue weighted by atomic mass is 32.2. The summed E-state index contributed by atoms with van der Waals surface area (Å²) in [6.45, 7) is 1.64. The van der Waals surface area contributed by atoms with E-state index in [2.05, 4.69) is 4.98 Å². The number of anilines is 1. The number of nitrogens with zero attached hydrogens (tertiary/aromatic N) is 3. The van der Waals surface area contributed by atoms with E-state index in [1.165, 1.54) is 0 Å². The molecule has 1 fully saturated rings. The molecule has 3 heterocycles. The van der Waals surface area contributed by atoms with Crippen LogP contribution in [-0.2, 0) is 27.6 Å². The number of pyridine rings is 1. The van der Waals surface area contributed by atoms with E-state index in [1.807, 2.05) is 11.0 Å². The molecule has 0 saturated carbocycles. The largest absolute Gasteiger partial charge is 0.480 e. The van der Waals surface area contributed by atoms with Gasteiger partial charge in [0.15, 0.2) is 15.8 Å². The SMILES string of the molecule is N=C(N)N1CCc2ccc(S(=O)(=O)CCC3CCN(c4ccncc4)C(C(=O)O)C3)cc2C1. The first-order valence-corrected chi connectivity index (χ1v) is 12.7. The second-order valence-electron chi connectivity index (χ2n) is 8.74. The van der Waals surface area contributed by atoms with Gasteiger partial charge >= 0.3 is 5.97 Å². The van der Waals surface area contributed by atoms with Gasteiger partial charge in [-0.1, -0.05) is 6.07 Å². The third kappa shape index (κ3) is 5.11. The van der Waals surface area contributed by atoms with E-state index in [9.17, 15) is 18.3 Å². The minimum absolute atomic E-state index is 0.0139. The third-order valence-electron chi connectivity index (χ3n) is 6.68. The summed E-state index contributed by atoms with van der Waals surface area (Å²) in [5.74, 6) is -0.914. The minimum atomic E-state index is -3.51. The van der Waals surface area contributed by atoms with E-state index < -0.39 is 21.8 Å². The van der Waals surface area contributed by atoms with Crippen LogP contribution in [0, 0.1) is 11.3 Å². The number of sulfone groups is 1. The van der Waals surface area contributed by atoms with E-state index in [-0.39, 0.29) is 22.5 Å². The maximum absolute atomic E-state index is 13.1. The van der Waals surface area contributed by atoms with Crippen molar-refractivity contribution >= 4 is 27.5 Å². The molecule has 2 unspecified atom stereocenters. The molecule has 0 amide bonds. The first-order chi connectivity index (χ1) is 15.7. The Balaban J connectivity index is 1.42. The molecule has 33 heavy (non-hydrogen) atoms. The van der Waals surface area contributed by atoms with Gasteiger partial charge in [0.1, 0.15) is 6.04 Å². The van der Waals surface area contributed by atoms with Crippen molar-refractivity contribution < 1.29 is 18.3 Å². The van der Waals surface area contributed by atoms with Gasteiger partial charge in [-0.25, -0.2) is 13.2 Å². The number of rotatable bonds is 6. The van der Waals surface area contributed by atoms with E-state index in [0.717, 1.165) is 29.7 Å². The Kier molecular flexibility index (Phi) is 6.55. The minimum Gasteiger partial charge on any atom is -0.480 e. The summed E-state index contributed by atoms with van der Waals surface area (Å²) in [4.78, 5) is 19.8. The molecule has 0 bridgehead atoms. The van der Waals surface area contributed by atoms with Crippen LogP contribution in [0.15, 0.2) is 47.6 Å². The molecule has 10 heteroatoms. The molecule has 0 aliphatic carbocycles. The van der Waals surface area contributed by atoms with Crippen LogP contribution in [0.2, 0.25) is 0 Å². The fraction of sp³-hybridized carbons (Fsp3) is 0.435. The van der Waals surface area contributed by atoms with Crippen LogP contribution in [-0.4, -0.2) is 60.2 Å². The number of piperidine rings is 1. The standard InChI is InChI=1S/C23H29N5O4S/c24-23(25)27-10-6-17-1-2-20(14-18(17)15-27)33(31,32)12-7-16-5-11-28(21(13-16)22(29)30)19-3-8-26-9-4-19/h1-4,8-9,14,16,21H,5-7,10-13,15H2,(H3,24,25)(H,29,30). The molecule has 1 aromatic carbocycles. The van der Waals surface area contributed by atoms with Crippen molar-refractivity contribution in [2.24, 2.45) is 11.7 Å². The Hall–Kier alpha value is -3.14. The molecule has 2 aliphatic rings. The third-order valence-corrected chi connectivity index (χ3v) is 8.42. The van der Waals surface area contributed by atoms with Crippen LogP contribution in [0.5, 0.6) is 0 Å². The van der Waals surface area contributed by atoms with Crippen molar-refractivity contribution in [3.63, 3.8) is 0 Å². The quantitative estimate of drug-likeness (QED) is 0.428. The predicted octanol–water partition coefficient (Wildman–Crippen LogP) is 1.87. The first-order valence-electron chi connectivity index (χ1n) is 11.1. The first kappa shape index (κ1) is 23.0. The molecule has 0 radical (unpaired) electrons. The second-order valence-corrected chi connectivity index (χ2v) is 10.8. The van der Waals surface area contributed by atoms with E-state index >= 15 is 0 Å². The van der Waals surface area contributed by atoms with Crippen molar-refractivity contribution in [1.82, 2.24) is 9.88 Å². The molecule has 2 aliphatic heterocycles. The van der Waals surface area contributed by atoms with Crippen molar-refractivity contribution in [3.8, 4) is 0 Å². The number of aliphatic carboxylic acids is 1. The van der Waals surface area contributed by atoms with Gasteiger partial charge in [-0.15, -0.1) is 0 Å². The maximum atomic E-state index is 13.1. The highest BCUT2D eigenvalue weighted by Gasteiger charge is 2.34. The molecular formula is C23H29N5O4S. The summed E-state index contributed by atoms with van der Waals surface area (Å²) in [6, 6.07) is 8.12. The summed E-state index contributed by atoms with van der Waals surface area (Å²) in [6.07, 6.45) is 5.57. The molecule has 1 aromatic heterocycles. The molecule has 1 saturated heterocycles. The Labute approximate surface area is 193 Å². The number of hydrogen-bond acceptors (Lipinski definition) is 6. The van der Waals surface area contributed by atoms with Crippen molar-refractivity contribution in [2.45, 2.75) is 43.2 Å². The van der Waals surface area contributed by atoms with Gasteiger partial charge in [-0.05, 0) is 67.0 Å². The van der Waals surface area contributed by atoms with Gasteiger partial charge in [-0.2, -0.15) is 0 Å². The summed E-state index contributed by atoms with van der Waals surface area (Å²) in [7, 11) is -3.51. The highest BCUT2D eigenvalue weighted by molar-refractivity contribution is 7.91. The van der Waals surface area contributed by atoms with Crippen molar-refractivity contribution in [1.29, 1.82) is 5.41 Å². The predicted molar refractivity (Wildman–Crippen MR) is 125 cm³/mol. The van der Waals surface area contributed by atoms with Gasteiger partial charge in [-0.3, -0.25) is 10.4 Å². The normalized spacial score (nSPS) is 20.8. The molecule has 0 spiro atoms. The number of carboxylic acids is 1. The smallest absolute Gasteiger partial charge is 0.326 e. The topological polar surface area (TPSA) is 141 Å². The van der Waals surface area contributed by atoms with Gasteiger partial charge in [0.2, 0.25) is 0 Å². The number of nitrogens with one attached hydrogen (secondary N) is 1. The summed E-state index contributed by atoms with van der Waals surface area (Å²) >= 11 is 0. The highest BCUT2D eigenvalue weighted by Crippen LogP contribution is 2.31. The van der Waals surface area contributed by atoms with Crippen molar-refractivity contribution in [2.75, 3.05) is 23.7 Å². The van der Waals surface area contributed by atoms with Gasteiger partial charge in [0.25, 0.3) is 0 Å². The van der Waals surface area contributed by atoms with Crippen LogP contribution < -0.4 is 10.6 Å². The Morgan fingerprint density at radius 2 is 1.94 bits per heavy atom. The van der Waals surface area contributed by atoms with Crippen LogP contribution in [0.25, 0.3) is 0 Å². The number of carbonyl (C=O) groups is 1. The molecule has 2 atom stereocenters. The lowest BCUT2D eigenvalue weighted by atomic mass is 9.88. The van der Waals surface area contributed by atoms with Crippen LogP contribution in [0.1, 0.15) is 30.4 Å². The number of aromatic nitrogens is 1. The van der Waals surface area contributed by atoms with Crippen LogP contribution in [0.4, 0.5) is 5.69 Å². The van der Waals surface area contributed by atoms with Crippen LogP contribution in [0.3, 0.4) is 0 Å². The van der Waals surface area contributed by atoms with Crippen LogP contribution >= 0.6 is 0 Å². The molecule has 176 valence electrons. The number of fused-ring (bicyclic) bond motifs is 1. The number of guanidine groups is 1. The van der Waals surface area contributed by atoms with E-state index in [1.54, 1.807) is 41.6 Å². The van der Waals surface area contributed by atoms with Gasteiger partial charge < -0.3 is 20.6 Å². The van der Waals surface area contributed by atoms with E-state index in [0.29, 0.717) is 32.5 Å². The average Bonchev–Trinajstić information content (AvgIpc) is 2.82. The van der Waals surface area contributed by atoms with Gasteiger partial charge in [0, 0.05) is 37.7 Å². The zero-order valence-corrected chi connectivity index (χ0v) is 19.2. The molecule has 2 aromatic rings. The zero-order valence-electron chi connectivity index (χ0n) is 18.4. The zero-order chi connectivity index (χ0) is 23.6. The van der Waals surface area contributed by atoms with Gasteiger partial charge in [0.05, 0.1) is 10.6 Å². The molecular weight excluding hydrogens is 442 g/mol. The Bertz CT molecular complexity index is 1140. The number of nitrogens with two attached hydrogens (primary N) is 1. The summed E-state index contributed by atoms with van der Waals surface area (Å²) < 4.78 is 26.1. The second kappa shape index (κ2) is 9.38. The monoisotopic (exact) mass is 471 g/mol. The summed E-state index contributed by atoms with van der Waals surface area (Å²) in [5, 5.41) is 17.4. The maximum Gasteiger partial charge on any atom is 0.326 e. The molecule has 9 nitrogen and oxygen atoms in total. The molecule has 4 N–H and O–H groups in total. The number of benzene rings is 1. The lowest BCUT2D eigenvalue weighted by molar-refractivity contribution is -0.139. The number of carboxylic acid groups (broad SMARTS) is 1. The average molecular weight is 472 g/mol.